The SMILES string of the molecule is Cc1ccc(C(Nc2ccc(Br)c(F)c2)C2CC2)cc1. The van der Waals surface area contributed by atoms with Crippen molar-refractivity contribution in [3.8, 4) is 0 Å². The molecular formula is C17H17BrFN. The Morgan fingerprint density at radius 3 is 2.45 bits per heavy atom. The number of hydrogen-bond donors (Lipinski definition) is 1. The van der Waals surface area contributed by atoms with Gasteiger partial charge in [0.2, 0.25) is 0 Å². The molecule has 104 valence electrons. The van der Waals surface area contributed by atoms with Gasteiger partial charge in [-0.25, -0.2) is 4.39 Å². The molecule has 1 unspecified atom stereocenters. The minimum atomic E-state index is -0.228. The van der Waals surface area contributed by atoms with Crippen LogP contribution in [0, 0.1) is 18.7 Å². The summed E-state index contributed by atoms with van der Waals surface area (Å²) < 4.78 is 14.1. The molecule has 0 radical (unpaired) electrons. The van der Waals surface area contributed by atoms with E-state index in [4.69, 9.17) is 0 Å². The van der Waals surface area contributed by atoms with E-state index >= 15 is 0 Å². The van der Waals surface area contributed by atoms with Gasteiger partial charge in [-0.1, -0.05) is 29.8 Å². The zero-order valence-electron chi connectivity index (χ0n) is 11.4. The van der Waals surface area contributed by atoms with E-state index in [2.05, 4.69) is 52.4 Å². The van der Waals surface area contributed by atoms with Crippen molar-refractivity contribution in [1.82, 2.24) is 0 Å². The van der Waals surface area contributed by atoms with Crippen LogP contribution in [0.3, 0.4) is 0 Å². The van der Waals surface area contributed by atoms with Gasteiger partial charge in [-0.05, 0) is 65.4 Å². The lowest BCUT2D eigenvalue weighted by Crippen LogP contribution is -2.13. The minimum Gasteiger partial charge on any atom is -0.378 e. The lowest BCUT2D eigenvalue weighted by molar-refractivity contribution is 0.619. The fourth-order valence-corrected chi connectivity index (χ4v) is 2.69. The maximum absolute atomic E-state index is 13.6. The normalized spacial score (nSPS) is 15.9. The van der Waals surface area contributed by atoms with Crippen molar-refractivity contribution in [3.05, 3.63) is 63.9 Å². The van der Waals surface area contributed by atoms with Crippen molar-refractivity contribution in [3.63, 3.8) is 0 Å². The molecule has 0 spiro atoms. The molecule has 0 aliphatic heterocycles. The van der Waals surface area contributed by atoms with Gasteiger partial charge < -0.3 is 5.32 Å². The monoisotopic (exact) mass is 333 g/mol. The quantitative estimate of drug-likeness (QED) is 0.783. The first kappa shape index (κ1) is 13.6. The third kappa shape index (κ3) is 3.04. The van der Waals surface area contributed by atoms with Gasteiger partial charge in [0.15, 0.2) is 0 Å². The van der Waals surface area contributed by atoms with Gasteiger partial charge in [0.25, 0.3) is 0 Å². The highest BCUT2D eigenvalue weighted by molar-refractivity contribution is 9.10. The first-order valence-corrected chi connectivity index (χ1v) is 7.71. The number of anilines is 1. The fourth-order valence-electron chi connectivity index (χ4n) is 2.44. The highest BCUT2D eigenvalue weighted by Gasteiger charge is 2.32. The molecular weight excluding hydrogens is 317 g/mol. The number of halogens is 2. The molecule has 0 aromatic heterocycles. The van der Waals surface area contributed by atoms with E-state index in [1.165, 1.54) is 24.0 Å². The second kappa shape index (κ2) is 5.57. The van der Waals surface area contributed by atoms with E-state index in [9.17, 15) is 4.39 Å². The largest absolute Gasteiger partial charge is 0.378 e. The van der Waals surface area contributed by atoms with Gasteiger partial charge in [0.1, 0.15) is 5.82 Å². The van der Waals surface area contributed by atoms with Crippen LogP contribution in [-0.4, -0.2) is 0 Å². The second-order valence-electron chi connectivity index (χ2n) is 5.50. The number of hydrogen-bond acceptors (Lipinski definition) is 1. The van der Waals surface area contributed by atoms with Gasteiger partial charge in [-0.15, -0.1) is 0 Å². The summed E-state index contributed by atoms with van der Waals surface area (Å²) in [4.78, 5) is 0. The van der Waals surface area contributed by atoms with Crippen LogP contribution in [0.15, 0.2) is 46.9 Å². The second-order valence-corrected chi connectivity index (χ2v) is 6.35. The summed E-state index contributed by atoms with van der Waals surface area (Å²) in [5.41, 5.74) is 3.38. The summed E-state index contributed by atoms with van der Waals surface area (Å²) in [6.45, 7) is 2.09. The van der Waals surface area contributed by atoms with Crippen molar-refractivity contribution < 1.29 is 4.39 Å². The highest BCUT2D eigenvalue weighted by Crippen LogP contribution is 2.43. The maximum atomic E-state index is 13.6. The molecule has 2 aromatic carbocycles. The summed E-state index contributed by atoms with van der Waals surface area (Å²) in [5.74, 6) is 0.429. The lowest BCUT2D eigenvalue weighted by Gasteiger charge is -2.20. The molecule has 1 atom stereocenters. The Balaban J connectivity index is 1.84. The van der Waals surface area contributed by atoms with E-state index in [0.29, 0.717) is 10.4 Å². The number of rotatable bonds is 4. The number of aryl methyl sites for hydroxylation is 1. The molecule has 3 rings (SSSR count). The molecule has 1 N–H and O–H groups in total. The number of nitrogens with one attached hydrogen (secondary N) is 1. The molecule has 1 saturated carbocycles. The molecule has 0 saturated heterocycles. The Hall–Kier alpha value is -1.35. The predicted octanol–water partition coefficient (Wildman–Crippen LogP) is 5.46. The van der Waals surface area contributed by atoms with Crippen LogP contribution in [0.2, 0.25) is 0 Å². The first-order valence-electron chi connectivity index (χ1n) is 6.91. The van der Waals surface area contributed by atoms with E-state index in [1.807, 2.05) is 6.07 Å². The highest BCUT2D eigenvalue weighted by atomic mass is 79.9. The Bertz CT molecular complexity index is 605. The van der Waals surface area contributed by atoms with Crippen molar-refractivity contribution in [1.29, 1.82) is 0 Å². The van der Waals surface area contributed by atoms with E-state index in [0.717, 1.165) is 5.69 Å². The van der Waals surface area contributed by atoms with Crippen molar-refractivity contribution in [2.75, 3.05) is 5.32 Å². The summed E-state index contributed by atoms with van der Waals surface area (Å²) >= 11 is 3.19. The molecule has 1 fully saturated rings. The molecule has 1 aliphatic rings. The average molecular weight is 334 g/mol. The van der Waals surface area contributed by atoms with Crippen LogP contribution in [0.25, 0.3) is 0 Å². The third-order valence-corrected chi connectivity index (χ3v) is 4.41. The smallest absolute Gasteiger partial charge is 0.139 e. The van der Waals surface area contributed by atoms with Crippen LogP contribution in [-0.2, 0) is 0 Å². The van der Waals surface area contributed by atoms with Crippen molar-refractivity contribution in [2.24, 2.45) is 5.92 Å². The van der Waals surface area contributed by atoms with Crippen LogP contribution in [0.4, 0.5) is 10.1 Å². The Kier molecular flexibility index (Phi) is 3.79. The molecule has 0 bridgehead atoms. The van der Waals surface area contributed by atoms with Crippen molar-refractivity contribution in [2.45, 2.75) is 25.8 Å². The molecule has 0 amide bonds. The van der Waals surface area contributed by atoms with Crippen molar-refractivity contribution >= 4 is 21.6 Å². The van der Waals surface area contributed by atoms with Gasteiger partial charge >= 0.3 is 0 Å². The Morgan fingerprint density at radius 2 is 1.85 bits per heavy atom. The first-order chi connectivity index (χ1) is 9.63. The molecule has 3 heteroatoms. The summed E-state index contributed by atoms with van der Waals surface area (Å²) in [6.07, 6.45) is 2.48. The van der Waals surface area contributed by atoms with Crippen LogP contribution in [0.5, 0.6) is 0 Å². The van der Waals surface area contributed by atoms with Gasteiger partial charge in [-0.3, -0.25) is 0 Å². The maximum Gasteiger partial charge on any atom is 0.139 e. The van der Waals surface area contributed by atoms with Crippen LogP contribution >= 0.6 is 15.9 Å². The average Bonchev–Trinajstić information content (AvgIpc) is 3.26. The third-order valence-electron chi connectivity index (χ3n) is 3.77. The minimum absolute atomic E-state index is 0.228. The topological polar surface area (TPSA) is 12.0 Å². The molecule has 1 nitrogen and oxygen atoms in total. The Labute approximate surface area is 127 Å². The summed E-state index contributed by atoms with van der Waals surface area (Å²) in [6, 6.07) is 14.1. The van der Waals surface area contributed by atoms with Crippen LogP contribution in [0.1, 0.15) is 30.0 Å². The zero-order chi connectivity index (χ0) is 14.1. The molecule has 1 aliphatic carbocycles. The van der Waals surface area contributed by atoms with Gasteiger partial charge in [-0.2, -0.15) is 0 Å². The summed E-state index contributed by atoms with van der Waals surface area (Å²) in [7, 11) is 0. The Morgan fingerprint density at radius 1 is 1.15 bits per heavy atom. The standard InChI is InChI=1S/C17H17BrFN/c1-11-2-4-12(5-3-11)17(13-6-7-13)20-14-8-9-15(18)16(19)10-14/h2-5,8-10,13,17,20H,6-7H2,1H3. The molecule has 2 aromatic rings. The van der Waals surface area contributed by atoms with Crippen LogP contribution < -0.4 is 5.32 Å². The van der Waals surface area contributed by atoms with E-state index in [1.54, 1.807) is 12.1 Å². The molecule has 0 heterocycles. The predicted molar refractivity (Wildman–Crippen MR) is 84.4 cm³/mol. The fraction of sp³-hybridized carbons (Fsp3) is 0.294. The summed E-state index contributed by atoms with van der Waals surface area (Å²) in [5, 5.41) is 3.48. The van der Waals surface area contributed by atoms with Gasteiger partial charge in [0.05, 0.1) is 10.5 Å². The lowest BCUT2D eigenvalue weighted by atomic mass is 10.0. The molecule has 20 heavy (non-hydrogen) atoms. The van der Waals surface area contributed by atoms with E-state index < -0.39 is 0 Å². The van der Waals surface area contributed by atoms with E-state index in [-0.39, 0.29) is 11.9 Å². The zero-order valence-corrected chi connectivity index (χ0v) is 13.0. The van der Waals surface area contributed by atoms with Gasteiger partial charge in [0, 0.05) is 5.69 Å². The number of benzene rings is 2.